The molecule has 5 aromatic rings. The van der Waals surface area contributed by atoms with E-state index in [1.165, 1.54) is 38.1 Å². The van der Waals surface area contributed by atoms with E-state index in [2.05, 4.69) is 67.1 Å². The third kappa shape index (κ3) is 1.66. The maximum Gasteiger partial charge on any atom is 0.140 e. The molecule has 2 heterocycles. The van der Waals surface area contributed by atoms with Crippen molar-refractivity contribution in [2.45, 2.75) is 19.8 Å². The summed E-state index contributed by atoms with van der Waals surface area (Å²) in [5.74, 6) is 0. The van der Waals surface area contributed by atoms with Gasteiger partial charge in [0, 0.05) is 39.7 Å². The summed E-state index contributed by atoms with van der Waals surface area (Å²) >= 11 is 0. The molecule has 0 radical (unpaired) electrons. The average Bonchev–Trinajstić information content (AvgIpc) is 3.12. The van der Waals surface area contributed by atoms with Crippen molar-refractivity contribution in [3.63, 3.8) is 0 Å². The summed E-state index contributed by atoms with van der Waals surface area (Å²) in [5, 5.41) is 5.09. The van der Waals surface area contributed by atoms with Crippen LogP contribution in [0.3, 0.4) is 0 Å². The Morgan fingerprint density at radius 2 is 1.62 bits per heavy atom. The van der Waals surface area contributed by atoms with Gasteiger partial charge in [0.25, 0.3) is 0 Å². The third-order valence-electron chi connectivity index (χ3n) is 5.13. The summed E-state index contributed by atoms with van der Waals surface area (Å²) < 4.78 is 8.60. The maximum atomic E-state index is 6.28. The topological polar surface area (TPSA) is 18.1 Å². The minimum absolute atomic E-state index is 0.976. The molecule has 0 aliphatic carbocycles. The highest BCUT2D eigenvalue weighted by Crippen LogP contribution is 2.39. The largest absolute Gasteiger partial charge is 0.456 e. The third-order valence-corrected chi connectivity index (χ3v) is 5.13. The van der Waals surface area contributed by atoms with E-state index >= 15 is 0 Å². The molecule has 118 valence electrons. The number of rotatable bonds is 2. The van der Waals surface area contributed by atoms with E-state index in [1.807, 2.05) is 6.07 Å². The molecule has 0 aliphatic rings. The molecule has 0 bridgehead atoms. The van der Waals surface area contributed by atoms with Crippen molar-refractivity contribution in [2.24, 2.45) is 7.05 Å². The minimum Gasteiger partial charge on any atom is -0.456 e. The Hall–Kier alpha value is -2.74. The van der Waals surface area contributed by atoms with Crippen molar-refractivity contribution in [3.8, 4) is 0 Å². The molecule has 5 rings (SSSR count). The van der Waals surface area contributed by atoms with Crippen molar-refractivity contribution in [1.29, 1.82) is 0 Å². The molecule has 0 spiro atoms. The van der Waals surface area contributed by atoms with Gasteiger partial charge in [-0.1, -0.05) is 49.7 Å². The predicted octanol–water partition coefficient (Wildman–Crippen LogP) is 6.18. The van der Waals surface area contributed by atoms with Gasteiger partial charge >= 0.3 is 0 Å². The van der Waals surface area contributed by atoms with E-state index in [4.69, 9.17) is 4.42 Å². The number of benzene rings is 3. The fourth-order valence-corrected chi connectivity index (χ4v) is 4.10. The number of furan rings is 1. The lowest BCUT2D eigenvalue weighted by Crippen LogP contribution is -1.93. The highest BCUT2D eigenvalue weighted by molar-refractivity contribution is 6.18. The number of hydrogen-bond acceptors (Lipinski definition) is 1. The van der Waals surface area contributed by atoms with Gasteiger partial charge in [0.15, 0.2) is 0 Å². The molecule has 0 fully saturated rings. The van der Waals surface area contributed by atoms with E-state index in [1.54, 1.807) is 0 Å². The minimum atomic E-state index is 0.976. The van der Waals surface area contributed by atoms with Crippen molar-refractivity contribution in [2.75, 3.05) is 0 Å². The van der Waals surface area contributed by atoms with Gasteiger partial charge < -0.3 is 8.98 Å². The normalized spacial score (nSPS) is 12.1. The first-order valence-corrected chi connectivity index (χ1v) is 8.60. The quantitative estimate of drug-likeness (QED) is 0.380. The van der Waals surface area contributed by atoms with Crippen LogP contribution in [0.5, 0.6) is 0 Å². The second-order valence-corrected chi connectivity index (χ2v) is 6.55. The fraction of sp³-hybridized carbons (Fsp3) is 0.182. The van der Waals surface area contributed by atoms with Gasteiger partial charge in [-0.05, 0) is 24.6 Å². The standard InChI is InChI=1S/C22H19NO/c1-3-8-16-21-17(14-9-4-6-11-19(14)23(21)2)13-18-15-10-5-7-12-20(15)24-22(16)18/h4-7,9-13H,3,8H2,1-2H3. The molecule has 2 nitrogen and oxygen atoms in total. The van der Waals surface area contributed by atoms with Crippen molar-refractivity contribution < 1.29 is 4.42 Å². The molecule has 0 saturated carbocycles. The lowest BCUT2D eigenvalue weighted by Gasteiger charge is -2.06. The predicted molar refractivity (Wildman–Crippen MR) is 102 cm³/mol. The van der Waals surface area contributed by atoms with Gasteiger partial charge in [-0.2, -0.15) is 0 Å². The molecular weight excluding hydrogens is 294 g/mol. The summed E-state index contributed by atoms with van der Waals surface area (Å²) in [6.45, 7) is 2.23. The second kappa shape index (κ2) is 4.88. The zero-order valence-corrected chi connectivity index (χ0v) is 14.0. The maximum absolute atomic E-state index is 6.28. The van der Waals surface area contributed by atoms with Crippen molar-refractivity contribution >= 4 is 43.7 Å². The molecule has 0 unspecified atom stereocenters. The van der Waals surface area contributed by atoms with Crippen LogP contribution in [0, 0.1) is 0 Å². The Kier molecular flexibility index (Phi) is 2.78. The van der Waals surface area contributed by atoms with E-state index in [-0.39, 0.29) is 0 Å². The van der Waals surface area contributed by atoms with Crippen LogP contribution in [0.25, 0.3) is 43.7 Å². The average molecular weight is 313 g/mol. The number of aryl methyl sites for hydroxylation is 2. The summed E-state index contributed by atoms with van der Waals surface area (Å²) in [4.78, 5) is 0. The molecule has 0 atom stereocenters. The Morgan fingerprint density at radius 3 is 2.46 bits per heavy atom. The second-order valence-electron chi connectivity index (χ2n) is 6.55. The first-order chi connectivity index (χ1) is 11.8. The number of hydrogen-bond donors (Lipinski definition) is 0. The molecular formula is C22H19NO. The summed E-state index contributed by atoms with van der Waals surface area (Å²) in [5.41, 5.74) is 5.95. The highest BCUT2D eigenvalue weighted by atomic mass is 16.3. The van der Waals surface area contributed by atoms with E-state index in [0.717, 1.165) is 24.0 Å². The molecule has 0 saturated heterocycles. The lowest BCUT2D eigenvalue weighted by atomic mass is 10.0. The highest BCUT2D eigenvalue weighted by Gasteiger charge is 2.18. The van der Waals surface area contributed by atoms with Crippen LogP contribution in [-0.2, 0) is 13.5 Å². The van der Waals surface area contributed by atoms with E-state index in [9.17, 15) is 0 Å². The molecule has 0 aliphatic heterocycles. The summed E-state index contributed by atoms with van der Waals surface area (Å²) in [6, 6.07) is 19.3. The van der Waals surface area contributed by atoms with Gasteiger partial charge in [0.05, 0.1) is 5.52 Å². The molecule has 3 aromatic carbocycles. The van der Waals surface area contributed by atoms with E-state index in [0.29, 0.717) is 0 Å². The zero-order chi connectivity index (χ0) is 16.3. The zero-order valence-electron chi connectivity index (χ0n) is 14.0. The van der Waals surface area contributed by atoms with Crippen LogP contribution in [0.1, 0.15) is 18.9 Å². The van der Waals surface area contributed by atoms with E-state index < -0.39 is 0 Å². The van der Waals surface area contributed by atoms with Crippen LogP contribution in [0.2, 0.25) is 0 Å². The number of nitrogens with zero attached hydrogens (tertiary/aromatic N) is 1. The lowest BCUT2D eigenvalue weighted by molar-refractivity contribution is 0.661. The summed E-state index contributed by atoms with van der Waals surface area (Å²) in [7, 11) is 2.16. The molecule has 24 heavy (non-hydrogen) atoms. The molecule has 2 heteroatoms. The first kappa shape index (κ1) is 13.7. The summed E-state index contributed by atoms with van der Waals surface area (Å²) in [6.07, 6.45) is 2.13. The Bertz CT molecular complexity index is 1220. The first-order valence-electron chi connectivity index (χ1n) is 8.60. The van der Waals surface area contributed by atoms with Crippen molar-refractivity contribution in [3.05, 3.63) is 60.2 Å². The number of aromatic nitrogens is 1. The van der Waals surface area contributed by atoms with Gasteiger partial charge in [-0.15, -0.1) is 0 Å². The Balaban J connectivity index is 2.09. The fourth-order valence-electron chi connectivity index (χ4n) is 4.10. The van der Waals surface area contributed by atoms with Crippen LogP contribution in [0.4, 0.5) is 0 Å². The van der Waals surface area contributed by atoms with Crippen molar-refractivity contribution in [1.82, 2.24) is 4.57 Å². The Labute approximate surface area is 140 Å². The van der Waals surface area contributed by atoms with Crippen LogP contribution in [-0.4, -0.2) is 4.57 Å². The number of fused-ring (bicyclic) bond motifs is 6. The molecule has 0 amide bonds. The van der Waals surface area contributed by atoms with Crippen LogP contribution in [0.15, 0.2) is 59.0 Å². The van der Waals surface area contributed by atoms with Gasteiger partial charge in [0.2, 0.25) is 0 Å². The van der Waals surface area contributed by atoms with Crippen LogP contribution < -0.4 is 0 Å². The Morgan fingerprint density at radius 1 is 0.875 bits per heavy atom. The van der Waals surface area contributed by atoms with Gasteiger partial charge in [0.1, 0.15) is 11.2 Å². The monoisotopic (exact) mass is 313 g/mol. The van der Waals surface area contributed by atoms with Gasteiger partial charge in [-0.25, -0.2) is 0 Å². The smallest absolute Gasteiger partial charge is 0.140 e. The molecule has 2 aromatic heterocycles. The van der Waals surface area contributed by atoms with Crippen LogP contribution >= 0.6 is 0 Å². The SMILES string of the molecule is CCCc1c2oc3ccccc3c2cc2c3ccccc3n(C)c12. The van der Waals surface area contributed by atoms with Gasteiger partial charge in [-0.3, -0.25) is 0 Å². The molecule has 0 N–H and O–H groups in total. The number of para-hydroxylation sites is 2.